The standard InChI is InChI=1S/C14H15N5O/c1-9-5-11(10(7-15)8-16-9)18-12-6-13(20)14(12)19-4-2-3-17-19/h2-5,8,12-14,20H,6H2,1H3,(H,16,18)/t12-,13+,14+/m0/s1. The summed E-state index contributed by atoms with van der Waals surface area (Å²) in [6.45, 7) is 1.88. The maximum atomic E-state index is 9.93. The Kier molecular flexibility index (Phi) is 3.12. The van der Waals surface area contributed by atoms with Crippen LogP contribution < -0.4 is 5.32 Å². The molecule has 2 N–H and O–H groups in total. The van der Waals surface area contributed by atoms with Crippen LogP contribution in [0.25, 0.3) is 0 Å². The summed E-state index contributed by atoms with van der Waals surface area (Å²) in [7, 11) is 0. The van der Waals surface area contributed by atoms with E-state index < -0.39 is 6.10 Å². The van der Waals surface area contributed by atoms with Crippen molar-refractivity contribution in [1.82, 2.24) is 14.8 Å². The minimum absolute atomic E-state index is 0.0544. The lowest BCUT2D eigenvalue weighted by atomic mass is 9.82. The van der Waals surface area contributed by atoms with E-state index in [1.165, 1.54) is 0 Å². The molecule has 0 saturated heterocycles. The molecule has 2 heterocycles. The summed E-state index contributed by atoms with van der Waals surface area (Å²) in [4.78, 5) is 4.12. The molecule has 0 aromatic carbocycles. The molecule has 20 heavy (non-hydrogen) atoms. The molecular weight excluding hydrogens is 254 g/mol. The number of anilines is 1. The van der Waals surface area contributed by atoms with Crippen LogP contribution in [-0.4, -0.2) is 32.0 Å². The number of pyridine rings is 1. The SMILES string of the molecule is Cc1cc(N[C@H]2C[C@@H](O)[C@@H]2n2cccn2)c(C#N)cn1. The molecule has 1 aliphatic rings. The van der Waals surface area contributed by atoms with Gasteiger partial charge in [0.05, 0.1) is 29.4 Å². The molecule has 0 unspecified atom stereocenters. The van der Waals surface area contributed by atoms with Gasteiger partial charge in [-0.15, -0.1) is 0 Å². The molecule has 3 rings (SSSR count). The fourth-order valence-electron chi connectivity index (χ4n) is 2.54. The maximum Gasteiger partial charge on any atom is 0.103 e. The summed E-state index contributed by atoms with van der Waals surface area (Å²) < 4.78 is 1.76. The van der Waals surface area contributed by atoms with E-state index in [1.54, 1.807) is 17.1 Å². The lowest BCUT2D eigenvalue weighted by Gasteiger charge is -2.42. The van der Waals surface area contributed by atoms with Gasteiger partial charge in [-0.05, 0) is 25.5 Å². The van der Waals surface area contributed by atoms with Crippen molar-refractivity contribution in [3.8, 4) is 6.07 Å². The van der Waals surface area contributed by atoms with Crippen LogP contribution in [0.3, 0.4) is 0 Å². The Morgan fingerprint density at radius 2 is 2.40 bits per heavy atom. The molecule has 3 atom stereocenters. The number of aliphatic hydroxyl groups is 1. The van der Waals surface area contributed by atoms with E-state index in [-0.39, 0.29) is 12.1 Å². The van der Waals surface area contributed by atoms with Gasteiger partial charge in [-0.25, -0.2) is 0 Å². The topological polar surface area (TPSA) is 86.8 Å². The van der Waals surface area contributed by atoms with Gasteiger partial charge in [0.15, 0.2) is 0 Å². The van der Waals surface area contributed by atoms with E-state index in [4.69, 9.17) is 5.26 Å². The van der Waals surface area contributed by atoms with Crippen LogP contribution >= 0.6 is 0 Å². The van der Waals surface area contributed by atoms with Crippen LogP contribution in [-0.2, 0) is 0 Å². The highest BCUT2D eigenvalue weighted by Crippen LogP contribution is 2.35. The summed E-state index contributed by atoms with van der Waals surface area (Å²) in [5.41, 5.74) is 2.12. The zero-order chi connectivity index (χ0) is 14.1. The molecule has 102 valence electrons. The average molecular weight is 269 g/mol. The predicted molar refractivity (Wildman–Crippen MR) is 73.0 cm³/mol. The highest BCUT2D eigenvalue weighted by atomic mass is 16.3. The number of aliphatic hydroxyl groups excluding tert-OH is 1. The third-order valence-corrected chi connectivity index (χ3v) is 3.63. The van der Waals surface area contributed by atoms with Crippen LogP contribution in [0.2, 0.25) is 0 Å². The molecule has 2 aromatic rings. The van der Waals surface area contributed by atoms with Gasteiger partial charge in [-0.1, -0.05) is 0 Å². The molecule has 0 spiro atoms. The highest BCUT2D eigenvalue weighted by molar-refractivity contribution is 5.58. The first-order valence-electron chi connectivity index (χ1n) is 6.49. The van der Waals surface area contributed by atoms with Gasteiger partial charge in [0, 0.05) is 24.3 Å². The van der Waals surface area contributed by atoms with E-state index in [0.29, 0.717) is 12.0 Å². The van der Waals surface area contributed by atoms with Gasteiger partial charge in [0.25, 0.3) is 0 Å². The number of aryl methyl sites for hydroxylation is 1. The molecule has 6 nitrogen and oxygen atoms in total. The molecule has 6 heteroatoms. The summed E-state index contributed by atoms with van der Waals surface area (Å²) in [5, 5.41) is 26.6. The molecule has 1 fully saturated rings. The molecule has 0 radical (unpaired) electrons. The first kappa shape index (κ1) is 12.6. The maximum absolute atomic E-state index is 9.93. The lowest BCUT2D eigenvalue weighted by molar-refractivity contribution is 0.0134. The van der Waals surface area contributed by atoms with Crippen molar-refractivity contribution in [2.75, 3.05) is 5.32 Å². The molecule has 0 amide bonds. The summed E-state index contributed by atoms with van der Waals surface area (Å²) in [5.74, 6) is 0. The minimum atomic E-state index is -0.416. The van der Waals surface area contributed by atoms with Crippen molar-refractivity contribution in [2.45, 2.75) is 31.5 Å². The van der Waals surface area contributed by atoms with Crippen LogP contribution in [0.4, 0.5) is 5.69 Å². The number of aromatic nitrogens is 3. The fraction of sp³-hybridized carbons (Fsp3) is 0.357. The predicted octanol–water partition coefficient (Wildman–Crippen LogP) is 1.24. The van der Waals surface area contributed by atoms with Crippen LogP contribution in [0.1, 0.15) is 23.7 Å². The Morgan fingerprint density at radius 1 is 1.55 bits per heavy atom. The quantitative estimate of drug-likeness (QED) is 0.875. The van der Waals surface area contributed by atoms with Gasteiger partial charge in [-0.3, -0.25) is 9.67 Å². The van der Waals surface area contributed by atoms with Gasteiger partial charge in [0.2, 0.25) is 0 Å². The van der Waals surface area contributed by atoms with Crippen molar-refractivity contribution in [1.29, 1.82) is 5.26 Å². The van der Waals surface area contributed by atoms with Crippen LogP contribution in [0.5, 0.6) is 0 Å². The lowest BCUT2D eigenvalue weighted by Crippen LogP contribution is -2.51. The number of nitrogens with one attached hydrogen (secondary N) is 1. The van der Waals surface area contributed by atoms with E-state index in [2.05, 4.69) is 21.5 Å². The second-order valence-electron chi connectivity index (χ2n) is 5.01. The Balaban J connectivity index is 1.82. The minimum Gasteiger partial charge on any atom is -0.391 e. The zero-order valence-electron chi connectivity index (χ0n) is 11.1. The smallest absolute Gasteiger partial charge is 0.103 e. The molecule has 1 saturated carbocycles. The van der Waals surface area contributed by atoms with Crippen LogP contribution in [0, 0.1) is 18.3 Å². The van der Waals surface area contributed by atoms with Crippen molar-refractivity contribution >= 4 is 5.69 Å². The van der Waals surface area contributed by atoms with E-state index >= 15 is 0 Å². The highest BCUT2D eigenvalue weighted by Gasteiger charge is 2.42. The van der Waals surface area contributed by atoms with E-state index in [9.17, 15) is 5.11 Å². The Labute approximate surface area is 116 Å². The molecule has 2 aromatic heterocycles. The molecular formula is C14H15N5O. The Morgan fingerprint density at radius 3 is 3.05 bits per heavy atom. The Hall–Kier alpha value is -2.39. The van der Waals surface area contributed by atoms with Crippen molar-refractivity contribution in [2.24, 2.45) is 0 Å². The number of nitrogens with zero attached hydrogens (tertiary/aromatic N) is 4. The monoisotopic (exact) mass is 269 g/mol. The summed E-state index contributed by atoms with van der Waals surface area (Å²) in [6, 6.07) is 5.76. The molecule has 0 aliphatic heterocycles. The third-order valence-electron chi connectivity index (χ3n) is 3.63. The number of hydrogen-bond acceptors (Lipinski definition) is 5. The first-order valence-corrected chi connectivity index (χ1v) is 6.49. The fourth-order valence-corrected chi connectivity index (χ4v) is 2.54. The van der Waals surface area contributed by atoms with Gasteiger partial charge in [0.1, 0.15) is 6.07 Å². The summed E-state index contributed by atoms with van der Waals surface area (Å²) >= 11 is 0. The average Bonchev–Trinajstić information content (AvgIpc) is 2.91. The van der Waals surface area contributed by atoms with E-state index in [1.807, 2.05) is 25.3 Å². The second kappa shape index (κ2) is 4.94. The van der Waals surface area contributed by atoms with Crippen LogP contribution in [0.15, 0.2) is 30.7 Å². The molecule has 1 aliphatic carbocycles. The van der Waals surface area contributed by atoms with Gasteiger partial charge < -0.3 is 10.4 Å². The summed E-state index contributed by atoms with van der Waals surface area (Å²) in [6.07, 6.45) is 5.32. The first-order chi connectivity index (χ1) is 9.69. The van der Waals surface area contributed by atoms with Crippen molar-refractivity contribution in [3.63, 3.8) is 0 Å². The third kappa shape index (κ3) is 2.12. The number of hydrogen-bond donors (Lipinski definition) is 2. The normalized spacial score (nSPS) is 24.8. The Bertz CT molecular complexity index is 646. The van der Waals surface area contributed by atoms with E-state index in [0.717, 1.165) is 11.4 Å². The number of nitriles is 1. The number of rotatable bonds is 3. The van der Waals surface area contributed by atoms with Crippen molar-refractivity contribution in [3.05, 3.63) is 42.0 Å². The van der Waals surface area contributed by atoms with Gasteiger partial charge >= 0.3 is 0 Å². The largest absolute Gasteiger partial charge is 0.391 e. The van der Waals surface area contributed by atoms with Crippen molar-refractivity contribution < 1.29 is 5.11 Å². The molecule has 0 bridgehead atoms. The second-order valence-corrected chi connectivity index (χ2v) is 5.01. The zero-order valence-corrected chi connectivity index (χ0v) is 11.1. The van der Waals surface area contributed by atoms with Gasteiger partial charge in [-0.2, -0.15) is 10.4 Å².